The van der Waals surface area contributed by atoms with Crippen LogP contribution in [0.15, 0.2) is 18.2 Å². The van der Waals surface area contributed by atoms with Crippen LogP contribution in [0.25, 0.3) is 0 Å². The highest BCUT2D eigenvalue weighted by Crippen LogP contribution is 2.29. The van der Waals surface area contributed by atoms with Crippen LogP contribution >= 0.6 is 0 Å². The van der Waals surface area contributed by atoms with Crippen LogP contribution in [0.5, 0.6) is 0 Å². The molecule has 0 aliphatic carbocycles. The predicted octanol–water partition coefficient (Wildman–Crippen LogP) is 4.56. The van der Waals surface area contributed by atoms with Crippen LogP contribution in [0.1, 0.15) is 70.4 Å². The lowest BCUT2D eigenvalue weighted by atomic mass is 9.93. The Bertz CT molecular complexity index is 567. The highest BCUT2D eigenvalue weighted by molar-refractivity contribution is 5.90. The molecule has 134 valence electrons. The summed E-state index contributed by atoms with van der Waals surface area (Å²) in [5.74, 6) is 1.00. The average molecular weight is 332 g/mol. The molecule has 4 nitrogen and oxygen atoms in total. The first-order valence-electron chi connectivity index (χ1n) is 9.17. The molecule has 0 unspecified atom stereocenters. The van der Waals surface area contributed by atoms with Crippen molar-refractivity contribution < 1.29 is 9.90 Å². The molecule has 1 aromatic carbocycles. The molecule has 0 aromatic heterocycles. The fraction of sp³-hybridized carbons (Fsp3) is 0.650. The van der Waals surface area contributed by atoms with E-state index in [0.29, 0.717) is 18.4 Å². The number of amides is 2. The molecule has 2 rings (SSSR count). The maximum Gasteiger partial charge on any atom is 0.321 e. The Labute approximate surface area is 146 Å². The number of nitrogens with zero attached hydrogens (tertiary/aromatic N) is 1. The van der Waals surface area contributed by atoms with E-state index in [1.165, 1.54) is 11.1 Å². The highest BCUT2D eigenvalue weighted by Gasteiger charge is 2.27. The third-order valence-corrected chi connectivity index (χ3v) is 5.03. The monoisotopic (exact) mass is 332 g/mol. The van der Waals surface area contributed by atoms with E-state index in [4.69, 9.17) is 0 Å². The lowest BCUT2D eigenvalue weighted by Gasteiger charge is -2.34. The first-order valence-corrected chi connectivity index (χ1v) is 9.17. The molecule has 0 bridgehead atoms. The number of nitrogens with one attached hydrogen (secondary N) is 1. The van der Waals surface area contributed by atoms with E-state index in [9.17, 15) is 9.90 Å². The predicted molar refractivity (Wildman–Crippen MR) is 99.6 cm³/mol. The molecule has 1 aliphatic rings. The van der Waals surface area contributed by atoms with Gasteiger partial charge in [0, 0.05) is 24.7 Å². The molecule has 1 heterocycles. The molecule has 1 aliphatic heterocycles. The van der Waals surface area contributed by atoms with Crippen LogP contribution < -0.4 is 5.32 Å². The molecule has 0 saturated carbocycles. The maximum atomic E-state index is 12.7. The van der Waals surface area contributed by atoms with Crippen LogP contribution in [0.2, 0.25) is 0 Å². The van der Waals surface area contributed by atoms with Gasteiger partial charge in [-0.25, -0.2) is 4.79 Å². The van der Waals surface area contributed by atoms with Crippen LogP contribution in [-0.4, -0.2) is 35.2 Å². The van der Waals surface area contributed by atoms with Gasteiger partial charge in [0.2, 0.25) is 0 Å². The summed E-state index contributed by atoms with van der Waals surface area (Å²) in [5.41, 5.74) is 3.38. The number of carbonyl (C=O) groups excluding carboxylic acids is 1. The zero-order valence-corrected chi connectivity index (χ0v) is 15.7. The third-order valence-electron chi connectivity index (χ3n) is 5.03. The van der Waals surface area contributed by atoms with E-state index < -0.39 is 0 Å². The van der Waals surface area contributed by atoms with E-state index in [-0.39, 0.29) is 18.1 Å². The van der Waals surface area contributed by atoms with E-state index in [2.05, 4.69) is 45.1 Å². The summed E-state index contributed by atoms with van der Waals surface area (Å²) in [4.78, 5) is 14.5. The summed E-state index contributed by atoms with van der Waals surface area (Å²) in [6.07, 6.45) is 1.57. The number of piperidine rings is 1. The largest absolute Gasteiger partial charge is 0.393 e. The molecule has 2 amide bonds. The Hall–Kier alpha value is -1.55. The van der Waals surface area contributed by atoms with Gasteiger partial charge in [-0.1, -0.05) is 39.8 Å². The quantitative estimate of drug-likeness (QED) is 0.849. The van der Waals surface area contributed by atoms with Gasteiger partial charge >= 0.3 is 6.03 Å². The Morgan fingerprint density at radius 2 is 1.92 bits per heavy atom. The Kier molecular flexibility index (Phi) is 6.27. The SMILES string of the molecule is CC(C)c1ccc(NC(=O)N2CCC[C@H]([C@@H](C)O)C2)c(C(C)C)c1. The van der Waals surface area contributed by atoms with Crippen molar-refractivity contribution >= 4 is 11.7 Å². The summed E-state index contributed by atoms with van der Waals surface area (Å²) in [6.45, 7) is 11.9. The smallest absolute Gasteiger partial charge is 0.321 e. The lowest BCUT2D eigenvalue weighted by molar-refractivity contribution is 0.0766. The number of hydrogen-bond donors (Lipinski definition) is 2. The van der Waals surface area contributed by atoms with Gasteiger partial charge in [-0.15, -0.1) is 0 Å². The molecule has 24 heavy (non-hydrogen) atoms. The van der Waals surface area contributed by atoms with E-state index in [1.807, 2.05) is 17.9 Å². The van der Waals surface area contributed by atoms with E-state index in [0.717, 1.165) is 25.1 Å². The Morgan fingerprint density at radius 1 is 1.21 bits per heavy atom. The van der Waals surface area contributed by atoms with Gasteiger partial charge < -0.3 is 15.3 Å². The molecule has 1 saturated heterocycles. The van der Waals surface area contributed by atoms with Crippen molar-refractivity contribution in [2.75, 3.05) is 18.4 Å². The van der Waals surface area contributed by atoms with Gasteiger partial charge in [-0.3, -0.25) is 0 Å². The van der Waals surface area contributed by atoms with Crippen LogP contribution in [0.3, 0.4) is 0 Å². The van der Waals surface area contributed by atoms with Crippen LogP contribution in [0.4, 0.5) is 10.5 Å². The van der Waals surface area contributed by atoms with Crippen molar-refractivity contribution in [1.29, 1.82) is 0 Å². The molecule has 4 heteroatoms. The van der Waals surface area contributed by atoms with Crippen molar-refractivity contribution in [3.63, 3.8) is 0 Å². The zero-order valence-electron chi connectivity index (χ0n) is 15.7. The molecule has 0 radical (unpaired) electrons. The number of aliphatic hydroxyl groups is 1. The summed E-state index contributed by atoms with van der Waals surface area (Å²) >= 11 is 0. The van der Waals surface area contributed by atoms with Crippen LogP contribution in [-0.2, 0) is 0 Å². The number of anilines is 1. The maximum absolute atomic E-state index is 12.7. The molecular formula is C20H32N2O2. The summed E-state index contributed by atoms with van der Waals surface area (Å²) in [5, 5.41) is 12.9. The first-order chi connectivity index (χ1) is 11.3. The number of benzene rings is 1. The normalized spacial score (nSPS) is 19.7. The van der Waals surface area contributed by atoms with Crippen molar-refractivity contribution in [2.24, 2.45) is 5.92 Å². The van der Waals surface area contributed by atoms with Gasteiger partial charge in [0.05, 0.1) is 6.10 Å². The van der Waals surface area contributed by atoms with Gasteiger partial charge in [0.15, 0.2) is 0 Å². The van der Waals surface area contributed by atoms with Gasteiger partial charge in [0.25, 0.3) is 0 Å². The minimum absolute atomic E-state index is 0.0560. The fourth-order valence-electron chi connectivity index (χ4n) is 3.31. The second-order valence-electron chi connectivity index (χ2n) is 7.68. The Balaban J connectivity index is 2.13. The topological polar surface area (TPSA) is 52.6 Å². The number of aliphatic hydroxyl groups excluding tert-OH is 1. The van der Waals surface area contributed by atoms with Crippen molar-refractivity contribution in [2.45, 2.75) is 65.4 Å². The van der Waals surface area contributed by atoms with Gasteiger partial charge in [-0.05, 0) is 48.8 Å². The summed E-state index contributed by atoms with van der Waals surface area (Å²) in [6, 6.07) is 6.28. The lowest BCUT2D eigenvalue weighted by Crippen LogP contribution is -2.44. The van der Waals surface area contributed by atoms with Crippen molar-refractivity contribution in [3.8, 4) is 0 Å². The molecule has 0 spiro atoms. The second kappa shape index (κ2) is 8.02. The molecule has 2 atom stereocenters. The number of hydrogen-bond acceptors (Lipinski definition) is 2. The van der Waals surface area contributed by atoms with Crippen molar-refractivity contribution in [1.82, 2.24) is 4.90 Å². The van der Waals surface area contributed by atoms with Gasteiger partial charge in [-0.2, -0.15) is 0 Å². The van der Waals surface area contributed by atoms with E-state index in [1.54, 1.807) is 0 Å². The van der Waals surface area contributed by atoms with E-state index >= 15 is 0 Å². The molecule has 1 fully saturated rings. The summed E-state index contributed by atoms with van der Waals surface area (Å²) < 4.78 is 0. The fourth-order valence-corrected chi connectivity index (χ4v) is 3.31. The van der Waals surface area contributed by atoms with Gasteiger partial charge in [0.1, 0.15) is 0 Å². The van der Waals surface area contributed by atoms with Crippen molar-refractivity contribution in [3.05, 3.63) is 29.3 Å². The zero-order chi connectivity index (χ0) is 17.9. The number of urea groups is 1. The Morgan fingerprint density at radius 3 is 2.50 bits per heavy atom. The standard InChI is InChI=1S/C20H32N2O2/c1-13(2)16-8-9-19(18(11-16)14(3)4)21-20(24)22-10-6-7-17(12-22)15(5)23/h8-9,11,13-15,17,23H,6-7,10,12H2,1-5H3,(H,21,24)/t15-,17+/m1/s1. The highest BCUT2D eigenvalue weighted by atomic mass is 16.3. The first kappa shape index (κ1) is 18.8. The average Bonchev–Trinajstić information content (AvgIpc) is 2.54. The summed E-state index contributed by atoms with van der Waals surface area (Å²) in [7, 11) is 0. The third kappa shape index (κ3) is 4.50. The second-order valence-corrected chi connectivity index (χ2v) is 7.68. The molecule has 1 aromatic rings. The minimum atomic E-state index is -0.364. The number of likely N-dealkylation sites (tertiary alicyclic amines) is 1. The minimum Gasteiger partial charge on any atom is -0.393 e. The molecular weight excluding hydrogens is 300 g/mol. The number of rotatable bonds is 4. The van der Waals surface area contributed by atoms with Crippen LogP contribution in [0, 0.1) is 5.92 Å². The molecule has 2 N–H and O–H groups in total. The number of carbonyl (C=O) groups is 1.